The van der Waals surface area contributed by atoms with Crippen molar-refractivity contribution in [3.63, 3.8) is 0 Å². The highest BCUT2D eigenvalue weighted by Gasteiger charge is 2.24. The summed E-state index contributed by atoms with van der Waals surface area (Å²) in [6, 6.07) is 14.3. The molecule has 2 heterocycles. The number of esters is 1. The van der Waals surface area contributed by atoms with Gasteiger partial charge in [-0.3, -0.25) is 4.90 Å². The molecule has 0 amide bonds. The zero-order chi connectivity index (χ0) is 16.9. The number of hydrogen-bond acceptors (Lipinski definition) is 4. The van der Waals surface area contributed by atoms with Crippen molar-refractivity contribution in [3.8, 4) is 0 Å². The lowest BCUT2D eigenvalue weighted by Crippen LogP contribution is -2.48. The van der Waals surface area contributed by atoms with Crippen LogP contribution in [-0.2, 0) is 4.74 Å². The normalized spacial score (nSPS) is 14.8. The molecule has 1 fully saturated rings. The third-order valence-electron chi connectivity index (χ3n) is 4.12. The number of piperazine rings is 1. The van der Waals surface area contributed by atoms with Crippen LogP contribution in [0.3, 0.4) is 0 Å². The smallest absolute Gasteiger partial charge is 0.342 e. The van der Waals surface area contributed by atoms with E-state index in [4.69, 9.17) is 4.74 Å². The van der Waals surface area contributed by atoms with Crippen molar-refractivity contribution in [2.45, 2.75) is 20.0 Å². The molecule has 0 saturated carbocycles. The highest BCUT2D eigenvalue weighted by molar-refractivity contribution is 5.88. The molecular weight excluding hydrogens is 302 g/mol. The Balaban J connectivity index is 1.59. The Morgan fingerprint density at radius 3 is 2.25 bits per heavy atom. The van der Waals surface area contributed by atoms with E-state index in [9.17, 15) is 4.79 Å². The molecule has 1 aliphatic heterocycles. The van der Waals surface area contributed by atoms with Crippen LogP contribution >= 0.6 is 0 Å². The van der Waals surface area contributed by atoms with Crippen molar-refractivity contribution in [1.82, 2.24) is 0 Å². The quantitative estimate of drug-likeness (QED) is 0.810. The van der Waals surface area contributed by atoms with Gasteiger partial charge >= 0.3 is 5.97 Å². The molecule has 0 atom stereocenters. The van der Waals surface area contributed by atoms with Gasteiger partial charge in [-0.2, -0.15) is 0 Å². The van der Waals surface area contributed by atoms with E-state index in [0.717, 1.165) is 32.0 Å². The molecule has 126 valence electrons. The van der Waals surface area contributed by atoms with E-state index in [-0.39, 0.29) is 12.1 Å². The largest absolute Gasteiger partial charge is 0.459 e. The zero-order valence-electron chi connectivity index (χ0n) is 14.2. The van der Waals surface area contributed by atoms with Crippen molar-refractivity contribution in [2.75, 3.05) is 36.0 Å². The fourth-order valence-electron chi connectivity index (χ4n) is 2.87. The van der Waals surface area contributed by atoms with E-state index in [0.29, 0.717) is 5.56 Å². The SMILES string of the molecule is CC(C)OC(=O)c1ccc(N2CCN(c3ccccc3)CC2)[nH+]c1. The number of nitrogens with zero attached hydrogens (tertiary/aromatic N) is 2. The lowest BCUT2D eigenvalue weighted by molar-refractivity contribution is -0.364. The zero-order valence-corrected chi connectivity index (χ0v) is 14.2. The van der Waals surface area contributed by atoms with E-state index < -0.39 is 0 Å². The summed E-state index contributed by atoms with van der Waals surface area (Å²) in [6.07, 6.45) is 1.62. The van der Waals surface area contributed by atoms with E-state index in [1.54, 1.807) is 6.20 Å². The Bertz CT molecular complexity index is 663. The number of para-hydroxylation sites is 1. The van der Waals surface area contributed by atoms with E-state index in [1.807, 2.05) is 32.0 Å². The number of carbonyl (C=O) groups is 1. The molecule has 1 N–H and O–H groups in total. The van der Waals surface area contributed by atoms with Crippen LogP contribution in [0.4, 0.5) is 11.5 Å². The van der Waals surface area contributed by atoms with E-state index >= 15 is 0 Å². The summed E-state index contributed by atoms with van der Waals surface area (Å²) < 4.78 is 5.21. The maximum absolute atomic E-state index is 11.9. The van der Waals surface area contributed by atoms with Crippen LogP contribution in [-0.4, -0.2) is 38.3 Å². The average molecular weight is 326 g/mol. The van der Waals surface area contributed by atoms with Gasteiger partial charge in [-0.25, -0.2) is 9.78 Å². The first kappa shape index (κ1) is 16.3. The average Bonchev–Trinajstić information content (AvgIpc) is 2.62. The molecule has 0 radical (unpaired) electrons. The van der Waals surface area contributed by atoms with Gasteiger partial charge in [-0.15, -0.1) is 0 Å². The summed E-state index contributed by atoms with van der Waals surface area (Å²) in [5.41, 5.74) is 1.82. The van der Waals surface area contributed by atoms with Gasteiger partial charge in [-0.1, -0.05) is 18.2 Å². The molecule has 2 aromatic rings. The number of anilines is 2. The molecule has 0 unspecified atom stereocenters. The summed E-state index contributed by atoms with van der Waals surface area (Å²) >= 11 is 0. The first-order valence-electron chi connectivity index (χ1n) is 8.41. The summed E-state index contributed by atoms with van der Waals surface area (Å²) in [7, 11) is 0. The third-order valence-corrected chi connectivity index (χ3v) is 4.12. The highest BCUT2D eigenvalue weighted by Crippen LogP contribution is 2.18. The summed E-state index contributed by atoms with van der Waals surface area (Å²) in [5.74, 6) is 0.741. The number of aromatic amines is 1. The first-order valence-corrected chi connectivity index (χ1v) is 8.41. The molecule has 0 spiro atoms. The Labute approximate surface area is 142 Å². The second-order valence-electron chi connectivity index (χ2n) is 6.23. The first-order chi connectivity index (χ1) is 11.6. The predicted molar refractivity (Wildman–Crippen MR) is 94.4 cm³/mol. The van der Waals surface area contributed by atoms with Crippen LogP contribution < -0.4 is 14.8 Å². The number of ether oxygens (including phenoxy) is 1. The Hall–Kier alpha value is -2.56. The van der Waals surface area contributed by atoms with Gasteiger partial charge in [0.15, 0.2) is 0 Å². The van der Waals surface area contributed by atoms with Crippen molar-refractivity contribution >= 4 is 17.5 Å². The molecule has 24 heavy (non-hydrogen) atoms. The molecule has 3 rings (SSSR count). The number of H-pyrrole nitrogens is 1. The van der Waals surface area contributed by atoms with Crippen molar-refractivity contribution < 1.29 is 14.5 Å². The number of rotatable bonds is 4. The Morgan fingerprint density at radius 1 is 1.00 bits per heavy atom. The fourth-order valence-corrected chi connectivity index (χ4v) is 2.87. The minimum atomic E-state index is -0.290. The summed E-state index contributed by atoms with van der Waals surface area (Å²) in [6.45, 7) is 7.55. The molecular formula is C19H24N3O2+. The molecule has 0 aliphatic carbocycles. The van der Waals surface area contributed by atoms with Gasteiger partial charge in [-0.05, 0) is 32.0 Å². The molecule has 1 aromatic carbocycles. The van der Waals surface area contributed by atoms with Crippen LogP contribution in [0, 0.1) is 0 Å². The molecule has 5 nitrogen and oxygen atoms in total. The molecule has 1 aromatic heterocycles. The third kappa shape index (κ3) is 3.85. The minimum Gasteiger partial charge on any atom is -0.459 e. The van der Waals surface area contributed by atoms with Crippen molar-refractivity contribution in [3.05, 3.63) is 54.2 Å². The number of carbonyl (C=O) groups excluding carboxylic acids is 1. The minimum absolute atomic E-state index is 0.108. The lowest BCUT2D eigenvalue weighted by Gasteiger charge is -2.32. The lowest BCUT2D eigenvalue weighted by atomic mass is 10.2. The van der Waals surface area contributed by atoms with E-state index in [1.165, 1.54) is 5.69 Å². The van der Waals surface area contributed by atoms with Crippen LogP contribution in [0.5, 0.6) is 0 Å². The van der Waals surface area contributed by atoms with Gasteiger partial charge < -0.3 is 9.64 Å². The van der Waals surface area contributed by atoms with Gasteiger partial charge in [0.25, 0.3) is 5.82 Å². The second kappa shape index (κ2) is 7.34. The van der Waals surface area contributed by atoms with Crippen molar-refractivity contribution in [2.24, 2.45) is 0 Å². The summed E-state index contributed by atoms with van der Waals surface area (Å²) in [5, 5.41) is 0. The Morgan fingerprint density at radius 2 is 1.67 bits per heavy atom. The molecule has 0 bridgehead atoms. The fraction of sp³-hybridized carbons (Fsp3) is 0.368. The molecule has 5 heteroatoms. The monoisotopic (exact) mass is 326 g/mol. The molecule has 1 aliphatic rings. The second-order valence-corrected chi connectivity index (χ2v) is 6.23. The van der Waals surface area contributed by atoms with Crippen LogP contribution in [0.1, 0.15) is 24.2 Å². The van der Waals surface area contributed by atoms with E-state index in [2.05, 4.69) is 39.0 Å². The van der Waals surface area contributed by atoms with Gasteiger partial charge in [0.05, 0.1) is 24.8 Å². The maximum atomic E-state index is 11.9. The van der Waals surface area contributed by atoms with Gasteiger partial charge in [0, 0.05) is 11.8 Å². The highest BCUT2D eigenvalue weighted by atomic mass is 16.5. The number of nitrogens with one attached hydrogen (secondary N) is 1. The van der Waals surface area contributed by atoms with Gasteiger partial charge in [0.2, 0.25) is 0 Å². The van der Waals surface area contributed by atoms with Crippen LogP contribution in [0.15, 0.2) is 48.7 Å². The number of aromatic nitrogens is 1. The summed E-state index contributed by atoms with van der Waals surface area (Å²) in [4.78, 5) is 19.8. The standard InChI is InChI=1S/C19H23N3O2/c1-15(2)24-19(23)16-8-9-18(20-14-16)22-12-10-21(11-13-22)17-6-4-3-5-7-17/h3-9,14-15H,10-13H2,1-2H3/p+1. The van der Waals surface area contributed by atoms with Crippen molar-refractivity contribution in [1.29, 1.82) is 0 Å². The number of pyridine rings is 1. The maximum Gasteiger partial charge on any atom is 0.342 e. The molecule has 1 saturated heterocycles. The topological polar surface area (TPSA) is 46.9 Å². The Kier molecular flexibility index (Phi) is 4.99. The predicted octanol–water partition coefficient (Wildman–Crippen LogP) is 2.39. The van der Waals surface area contributed by atoms with Crippen LogP contribution in [0.2, 0.25) is 0 Å². The number of benzene rings is 1. The number of hydrogen-bond donors (Lipinski definition) is 0. The van der Waals surface area contributed by atoms with Crippen LogP contribution in [0.25, 0.3) is 0 Å². The van der Waals surface area contributed by atoms with Gasteiger partial charge in [0.1, 0.15) is 19.3 Å².